The highest BCUT2D eigenvalue weighted by molar-refractivity contribution is 7.92. The van der Waals surface area contributed by atoms with Crippen LogP contribution in [-0.4, -0.2) is 37.1 Å². The van der Waals surface area contributed by atoms with Gasteiger partial charge < -0.3 is 10.2 Å². The Bertz CT molecular complexity index is 793. The summed E-state index contributed by atoms with van der Waals surface area (Å²) in [6.07, 6.45) is 0.905. The third kappa shape index (κ3) is 2.57. The molecule has 1 aliphatic carbocycles. The van der Waals surface area contributed by atoms with Crippen molar-refractivity contribution in [3.05, 3.63) is 65.7 Å². The Kier molecular flexibility index (Phi) is 4.51. The molecule has 1 fully saturated rings. The van der Waals surface area contributed by atoms with Gasteiger partial charge in [0.15, 0.2) is 9.84 Å². The molecule has 2 atom stereocenters. The first-order chi connectivity index (χ1) is 11.5. The van der Waals surface area contributed by atoms with Gasteiger partial charge in [-0.15, -0.1) is 0 Å². The van der Waals surface area contributed by atoms with Gasteiger partial charge in [-0.3, -0.25) is 0 Å². The van der Waals surface area contributed by atoms with Crippen molar-refractivity contribution in [3.63, 3.8) is 0 Å². The number of hydrogen-bond acceptors (Lipinski definition) is 4. The maximum Gasteiger partial charge on any atom is 0.182 e. The third-order valence-corrected chi connectivity index (χ3v) is 7.46. The Labute approximate surface area is 142 Å². The van der Waals surface area contributed by atoms with E-state index in [0.29, 0.717) is 0 Å². The molecule has 0 radical (unpaired) electrons. The highest BCUT2D eigenvalue weighted by Crippen LogP contribution is 2.63. The second-order valence-electron chi connectivity index (χ2n) is 6.40. The van der Waals surface area contributed by atoms with E-state index in [0.717, 1.165) is 12.0 Å². The van der Waals surface area contributed by atoms with Gasteiger partial charge in [-0.2, -0.15) is 0 Å². The SMILES string of the molecule is CCc1ccc([C@@H]2[C@@H](S(=O)(=O)c3ccccc3)C2(CO)CO)cc1. The molecule has 2 aromatic rings. The van der Waals surface area contributed by atoms with Crippen LogP contribution in [0.5, 0.6) is 0 Å². The Hall–Kier alpha value is -1.69. The molecule has 128 valence electrons. The molecule has 0 aliphatic heterocycles. The van der Waals surface area contributed by atoms with Crippen molar-refractivity contribution in [2.75, 3.05) is 13.2 Å². The monoisotopic (exact) mass is 346 g/mol. The number of sulfone groups is 1. The third-order valence-electron chi connectivity index (χ3n) is 5.12. The summed E-state index contributed by atoms with van der Waals surface area (Å²) in [6.45, 7) is 1.33. The molecule has 0 aromatic heterocycles. The lowest BCUT2D eigenvalue weighted by Crippen LogP contribution is -2.22. The molecule has 0 heterocycles. The van der Waals surface area contributed by atoms with E-state index in [2.05, 4.69) is 6.92 Å². The zero-order valence-electron chi connectivity index (χ0n) is 13.6. The van der Waals surface area contributed by atoms with Gasteiger partial charge in [-0.1, -0.05) is 49.4 Å². The van der Waals surface area contributed by atoms with Crippen molar-refractivity contribution >= 4 is 9.84 Å². The van der Waals surface area contributed by atoms with Gasteiger partial charge in [-0.25, -0.2) is 8.42 Å². The Balaban J connectivity index is 2.02. The van der Waals surface area contributed by atoms with Crippen LogP contribution in [0.3, 0.4) is 0 Å². The summed E-state index contributed by atoms with van der Waals surface area (Å²) in [4.78, 5) is 0.231. The largest absolute Gasteiger partial charge is 0.396 e. The van der Waals surface area contributed by atoms with E-state index in [9.17, 15) is 18.6 Å². The topological polar surface area (TPSA) is 74.6 Å². The second kappa shape index (κ2) is 6.31. The molecule has 24 heavy (non-hydrogen) atoms. The smallest absolute Gasteiger partial charge is 0.182 e. The van der Waals surface area contributed by atoms with Crippen molar-refractivity contribution < 1.29 is 18.6 Å². The Morgan fingerprint density at radius 1 is 0.958 bits per heavy atom. The highest BCUT2D eigenvalue weighted by Gasteiger charge is 2.70. The highest BCUT2D eigenvalue weighted by atomic mass is 32.2. The zero-order chi connectivity index (χ0) is 17.4. The first kappa shape index (κ1) is 17.1. The fourth-order valence-electron chi connectivity index (χ4n) is 3.59. The average Bonchev–Trinajstić information content (AvgIpc) is 3.33. The van der Waals surface area contributed by atoms with Gasteiger partial charge in [0.25, 0.3) is 0 Å². The predicted molar refractivity (Wildman–Crippen MR) is 92.6 cm³/mol. The normalized spacial score (nSPS) is 22.3. The molecular weight excluding hydrogens is 324 g/mol. The van der Waals surface area contributed by atoms with Crippen LogP contribution in [0.15, 0.2) is 59.5 Å². The van der Waals surface area contributed by atoms with Crippen LogP contribution in [0.2, 0.25) is 0 Å². The van der Waals surface area contributed by atoms with E-state index in [-0.39, 0.29) is 18.1 Å². The summed E-state index contributed by atoms with van der Waals surface area (Å²) in [5.74, 6) is -0.399. The van der Waals surface area contributed by atoms with Crippen LogP contribution in [0.25, 0.3) is 0 Å². The minimum atomic E-state index is -3.63. The summed E-state index contributed by atoms with van der Waals surface area (Å²) in [5.41, 5.74) is 0.989. The Morgan fingerprint density at radius 3 is 2.04 bits per heavy atom. The number of rotatable bonds is 6. The maximum atomic E-state index is 13.0. The number of aliphatic hydroxyl groups excluding tert-OH is 2. The van der Waals surface area contributed by atoms with Crippen LogP contribution in [-0.2, 0) is 16.3 Å². The molecular formula is C19H22O4S. The Morgan fingerprint density at radius 2 is 1.54 bits per heavy atom. The van der Waals surface area contributed by atoms with Gasteiger partial charge in [0.05, 0.1) is 23.4 Å². The summed E-state index contributed by atoms with van der Waals surface area (Å²) in [5, 5.41) is 18.9. The zero-order valence-corrected chi connectivity index (χ0v) is 14.4. The number of hydrogen-bond donors (Lipinski definition) is 2. The molecule has 0 saturated heterocycles. The van der Waals surface area contributed by atoms with E-state index >= 15 is 0 Å². The average molecular weight is 346 g/mol. The second-order valence-corrected chi connectivity index (χ2v) is 8.47. The summed E-state index contributed by atoms with van der Waals surface area (Å²) in [6, 6.07) is 16.0. The molecule has 1 aliphatic rings. The predicted octanol–water partition coefficient (Wildman–Crippen LogP) is 2.16. The standard InChI is InChI=1S/C19H22O4S/c1-2-14-8-10-15(11-9-14)17-18(19(17,12-20)13-21)24(22,23)16-6-4-3-5-7-16/h3-11,17-18,20-21H,2,12-13H2,1H3/t17-,18-/m1/s1. The first-order valence-corrected chi connectivity index (χ1v) is 9.65. The van der Waals surface area contributed by atoms with Gasteiger partial charge in [0, 0.05) is 11.3 Å². The van der Waals surface area contributed by atoms with Crippen molar-refractivity contribution in [3.8, 4) is 0 Å². The van der Waals surface area contributed by atoms with Crippen molar-refractivity contribution in [1.29, 1.82) is 0 Å². The molecule has 0 amide bonds. The van der Waals surface area contributed by atoms with E-state index in [4.69, 9.17) is 0 Å². The molecule has 4 nitrogen and oxygen atoms in total. The van der Waals surface area contributed by atoms with Crippen LogP contribution in [0.4, 0.5) is 0 Å². The molecule has 0 unspecified atom stereocenters. The molecule has 0 bridgehead atoms. The van der Waals surface area contributed by atoms with Gasteiger partial charge in [0.2, 0.25) is 0 Å². The van der Waals surface area contributed by atoms with Crippen LogP contribution in [0, 0.1) is 5.41 Å². The molecule has 3 rings (SSSR count). The fourth-order valence-corrected chi connectivity index (χ4v) is 6.04. The van der Waals surface area contributed by atoms with E-state index < -0.39 is 26.4 Å². The van der Waals surface area contributed by atoms with Crippen molar-refractivity contribution in [2.45, 2.75) is 29.4 Å². The summed E-state index contributed by atoms with van der Waals surface area (Å²) < 4.78 is 26.0. The molecule has 5 heteroatoms. The lowest BCUT2D eigenvalue weighted by atomic mass is 9.99. The van der Waals surface area contributed by atoms with Gasteiger partial charge >= 0.3 is 0 Å². The number of benzene rings is 2. The van der Waals surface area contributed by atoms with E-state index in [1.165, 1.54) is 5.56 Å². The minimum Gasteiger partial charge on any atom is -0.396 e. The van der Waals surface area contributed by atoms with Crippen LogP contribution >= 0.6 is 0 Å². The quantitative estimate of drug-likeness (QED) is 0.840. The lowest BCUT2D eigenvalue weighted by molar-refractivity contribution is 0.130. The van der Waals surface area contributed by atoms with Crippen molar-refractivity contribution in [2.24, 2.45) is 5.41 Å². The van der Waals surface area contributed by atoms with E-state index in [1.807, 2.05) is 24.3 Å². The maximum absolute atomic E-state index is 13.0. The summed E-state index contributed by atoms with van der Waals surface area (Å²) >= 11 is 0. The molecule has 2 aromatic carbocycles. The van der Waals surface area contributed by atoms with E-state index in [1.54, 1.807) is 30.3 Å². The number of aryl methyl sites for hydroxylation is 1. The minimum absolute atomic E-state index is 0.231. The van der Waals surface area contributed by atoms with Gasteiger partial charge in [0.1, 0.15) is 0 Å². The first-order valence-electron chi connectivity index (χ1n) is 8.10. The van der Waals surface area contributed by atoms with Crippen LogP contribution < -0.4 is 0 Å². The van der Waals surface area contributed by atoms with Gasteiger partial charge in [-0.05, 0) is 29.7 Å². The summed E-state index contributed by atoms with van der Waals surface area (Å²) in [7, 11) is -3.63. The van der Waals surface area contributed by atoms with Crippen molar-refractivity contribution in [1.82, 2.24) is 0 Å². The lowest BCUT2D eigenvalue weighted by Gasteiger charge is -2.11. The molecule has 2 N–H and O–H groups in total. The molecule has 0 spiro atoms. The number of aliphatic hydroxyl groups is 2. The fraction of sp³-hybridized carbons (Fsp3) is 0.368. The molecule has 1 saturated carbocycles. The van der Waals surface area contributed by atoms with Crippen LogP contribution in [0.1, 0.15) is 24.0 Å².